The highest BCUT2D eigenvalue weighted by atomic mass is 32.1. The highest BCUT2D eigenvalue weighted by Crippen LogP contribution is 2.26. The minimum Gasteiger partial charge on any atom is -0.335 e. The predicted octanol–water partition coefficient (Wildman–Crippen LogP) is 4.48. The number of nitrogens with zero attached hydrogens (tertiary/aromatic N) is 5. The van der Waals surface area contributed by atoms with Crippen LogP contribution in [0.15, 0.2) is 72.1 Å². The van der Waals surface area contributed by atoms with E-state index in [1.807, 2.05) is 28.5 Å². The summed E-state index contributed by atoms with van der Waals surface area (Å²) in [7, 11) is 0. The number of aromatic nitrogens is 3. The predicted molar refractivity (Wildman–Crippen MR) is 127 cm³/mol. The molecule has 2 aromatic carbocycles. The van der Waals surface area contributed by atoms with E-state index >= 15 is 0 Å². The molecule has 0 aliphatic carbocycles. The molecule has 0 saturated carbocycles. The van der Waals surface area contributed by atoms with Gasteiger partial charge in [0, 0.05) is 32.7 Å². The van der Waals surface area contributed by atoms with Crippen LogP contribution in [0.1, 0.15) is 22.6 Å². The normalized spacial score (nSPS) is 14.9. The molecule has 1 saturated heterocycles. The smallest absolute Gasteiger partial charge is 0.293 e. The molecule has 0 N–H and O–H groups in total. The van der Waals surface area contributed by atoms with Gasteiger partial charge in [-0.05, 0) is 47.7 Å². The zero-order valence-corrected chi connectivity index (χ0v) is 18.9. The van der Waals surface area contributed by atoms with Crippen molar-refractivity contribution in [3.05, 3.63) is 89.3 Å². The summed E-state index contributed by atoms with van der Waals surface area (Å²) >= 11 is 1.52. The molecule has 1 aliphatic heterocycles. The Morgan fingerprint density at radius 1 is 0.939 bits per heavy atom. The molecular weight excluding hydrogens is 437 g/mol. The van der Waals surface area contributed by atoms with Crippen molar-refractivity contribution in [1.82, 2.24) is 24.6 Å². The summed E-state index contributed by atoms with van der Waals surface area (Å²) < 4.78 is 15.1. The fourth-order valence-electron chi connectivity index (χ4n) is 4.05. The number of benzene rings is 2. The Hall–Kier alpha value is -3.36. The minimum absolute atomic E-state index is 0.166. The Morgan fingerprint density at radius 2 is 1.76 bits per heavy atom. The van der Waals surface area contributed by atoms with Gasteiger partial charge < -0.3 is 4.90 Å². The first-order valence-electron chi connectivity index (χ1n) is 11.0. The van der Waals surface area contributed by atoms with Crippen LogP contribution < -0.4 is 0 Å². The Balaban J connectivity index is 1.36. The van der Waals surface area contributed by atoms with Crippen LogP contribution in [0.25, 0.3) is 16.4 Å². The SMILES string of the molecule is O=C(c1nc(-c2cccs2)n(-c2ccc(F)cc2)n1)N1CCCN(Cc2ccccc2)CC1. The minimum atomic E-state index is -0.322. The molecule has 6 nitrogen and oxygen atoms in total. The van der Waals surface area contributed by atoms with Crippen LogP contribution in [0.4, 0.5) is 4.39 Å². The van der Waals surface area contributed by atoms with Crippen molar-refractivity contribution in [3.8, 4) is 16.4 Å². The average molecular weight is 462 g/mol. The second-order valence-corrected chi connectivity index (χ2v) is 8.98. The molecule has 33 heavy (non-hydrogen) atoms. The van der Waals surface area contributed by atoms with Gasteiger partial charge in [-0.3, -0.25) is 9.69 Å². The third-order valence-electron chi connectivity index (χ3n) is 5.74. The number of thiophene rings is 1. The first-order chi connectivity index (χ1) is 16.2. The molecule has 168 valence electrons. The van der Waals surface area contributed by atoms with Crippen LogP contribution in [0, 0.1) is 5.82 Å². The summed E-state index contributed by atoms with van der Waals surface area (Å²) in [5.41, 5.74) is 1.94. The van der Waals surface area contributed by atoms with Crippen LogP contribution in [0.3, 0.4) is 0 Å². The lowest BCUT2D eigenvalue weighted by Crippen LogP contribution is -2.35. The summed E-state index contributed by atoms with van der Waals surface area (Å²) in [6, 6.07) is 20.3. The first kappa shape index (κ1) is 21.5. The van der Waals surface area contributed by atoms with E-state index in [2.05, 4.69) is 39.2 Å². The van der Waals surface area contributed by atoms with E-state index in [1.165, 1.54) is 29.0 Å². The molecule has 0 bridgehead atoms. The van der Waals surface area contributed by atoms with E-state index in [0.717, 1.165) is 30.9 Å². The fraction of sp³-hybridized carbons (Fsp3) is 0.240. The monoisotopic (exact) mass is 461 g/mol. The van der Waals surface area contributed by atoms with Crippen molar-refractivity contribution in [1.29, 1.82) is 0 Å². The molecule has 3 heterocycles. The van der Waals surface area contributed by atoms with Gasteiger partial charge in [0.05, 0.1) is 10.6 Å². The Labute approximate surface area is 195 Å². The van der Waals surface area contributed by atoms with Crippen LogP contribution in [0.5, 0.6) is 0 Å². The number of amides is 1. The van der Waals surface area contributed by atoms with Gasteiger partial charge in [-0.15, -0.1) is 16.4 Å². The molecule has 0 unspecified atom stereocenters. The Morgan fingerprint density at radius 3 is 2.52 bits per heavy atom. The number of rotatable bonds is 5. The van der Waals surface area contributed by atoms with E-state index in [9.17, 15) is 9.18 Å². The molecule has 0 atom stereocenters. The molecule has 2 aromatic heterocycles. The van der Waals surface area contributed by atoms with E-state index in [-0.39, 0.29) is 17.5 Å². The summed E-state index contributed by atoms with van der Waals surface area (Å²) in [5, 5.41) is 6.50. The zero-order valence-electron chi connectivity index (χ0n) is 18.1. The molecule has 0 spiro atoms. The maximum absolute atomic E-state index is 13.5. The average Bonchev–Trinajstić information content (AvgIpc) is 3.47. The van der Waals surface area contributed by atoms with E-state index in [1.54, 1.807) is 16.8 Å². The molecule has 1 fully saturated rings. The number of halogens is 1. The van der Waals surface area contributed by atoms with Crippen molar-refractivity contribution >= 4 is 17.2 Å². The second kappa shape index (κ2) is 9.64. The van der Waals surface area contributed by atoms with Crippen molar-refractivity contribution in [2.45, 2.75) is 13.0 Å². The van der Waals surface area contributed by atoms with Crippen molar-refractivity contribution in [3.63, 3.8) is 0 Å². The second-order valence-electron chi connectivity index (χ2n) is 8.03. The topological polar surface area (TPSA) is 54.3 Å². The van der Waals surface area contributed by atoms with Gasteiger partial charge in [-0.25, -0.2) is 14.1 Å². The standard InChI is InChI=1S/C25H24FN5OS/c26-20-9-11-21(12-10-20)31-24(22-8-4-17-33-22)27-23(28-31)25(32)30-14-5-13-29(15-16-30)18-19-6-2-1-3-7-19/h1-4,6-12,17H,5,13-16,18H2. The quantitative estimate of drug-likeness (QED) is 0.440. The number of carbonyl (C=O) groups excluding carboxylic acids is 1. The maximum Gasteiger partial charge on any atom is 0.293 e. The lowest BCUT2D eigenvalue weighted by Gasteiger charge is -2.21. The van der Waals surface area contributed by atoms with Gasteiger partial charge in [0.1, 0.15) is 5.82 Å². The summed E-state index contributed by atoms with van der Waals surface area (Å²) in [4.78, 5) is 23.1. The van der Waals surface area contributed by atoms with Crippen LogP contribution in [0.2, 0.25) is 0 Å². The third kappa shape index (κ3) is 4.86. The van der Waals surface area contributed by atoms with Gasteiger partial charge in [-0.2, -0.15) is 0 Å². The van der Waals surface area contributed by atoms with Gasteiger partial charge in [0.2, 0.25) is 5.82 Å². The molecule has 5 rings (SSSR count). The van der Waals surface area contributed by atoms with Crippen molar-refractivity contribution in [2.75, 3.05) is 26.2 Å². The van der Waals surface area contributed by atoms with Crippen LogP contribution in [-0.2, 0) is 6.54 Å². The third-order valence-corrected chi connectivity index (χ3v) is 6.60. The van der Waals surface area contributed by atoms with Gasteiger partial charge >= 0.3 is 0 Å². The van der Waals surface area contributed by atoms with Crippen molar-refractivity contribution in [2.24, 2.45) is 0 Å². The summed E-state index contributed by atoms with van der Waals surface area (Å²) in [5.74, 6) is 0.257. The highest BCUT2D eigenvalue weighted by molar-refractivity contribution is 7.13. The van der Waals surface area contributed by atoms with Gasteiger partial charge in [0.25, 0.3) is 5.91 Å². The van der Waals surface area contributed by atoms with Crippen LogP contribution in [-0.4, -0.2) is 56.7 Å². The Bertz CT molecular complexity index is 1210. The van der Waals surface area contributed by atoms with E-state index in [4.69, 9.17) is 0 Å². The summed E-state index contributed by atoms with van der Waals surface area (Å²) in [6.07, 6.45) is 0.898. The lowest BCUT2D eigenvalue weighted by molar-refractivity contribution is 0.0749. The maximum atomic E-state index is 13.5. The lowest BCUT2D eigenvalue weighted by atomic mass is 10.2. The molecule has 4 aromatic rings. The number of carbonyl (C=O) groups is 1. The van der Waals surface area contributed by atoms with Crippen molar-refractivity contribution < 1.29 is 9.18 Å². The molecule has 1 aliphatic rings. The number of hydrogen-bond donors (Lipinski definition) is 0. The van der Waals surface area contributed by atoms with Crippen LogP contribution >= 0.6 is 11.3 Å². The van der Waals surface area contributed by atoms with Gasteiger partial charge in [0.15, 0.2) is 5.82 Å². The molecule has 1 amide bonds. The van der Waals surface area contributed by atoms with E-state index < -0.39 is 0 Å². The molecule has 0 radical (unpaired) electrons. The highest BCUT2D eigenvalue weighted by Gasteiger charge is 2.26. The molecule has 8 heteroatoms. The van der Waals surface area contributed by atoms with E-state index in [0.29, 0.717) is 24.6 Å². The zero-order chi connectivity index (χ0) is 22.6. The largest absolute Gasteiger partial charge is 0.335 e. The van der Waals surface area contributed by atoms with Gasteiger partial charge in [-0.1, -0.05) is 36.4 Å². The molecular formula is C25H24FN5OS. The first-order valence-corrected chi connectivity index (χ1v) is 11.9. The fourth-order valence-corrected chi connectivity index (χ4v) is 4.74. The summed E-state index contributed by atoms with van der Waals surface area (Å²) in [6.45, 7) is 3.92. The number of hydrogen-bond acceptors (Lipinski definition) is 5. The Kier molecular flexibility index (Phi) is 6.28.